The molecule has 1 N–H and O–H groups in total. The predicted molar refractivity (Wildman–Crippen MR) is 126 cm³/mol. The minimum atomic E-state index is -0.405. The van der Waals surface area contributed by atoms with Gasteiger partial charge < -0.3 is 20.0 Å². The first-order valence-electron chi connectivity index (χ1n) is 10.8. The van der Waals surface area contributed by atoms with Crippen molar-refractivity contribution in [2.75, 3.05) is 62.2 Å². The number of nitro groups is 2. The summed E-state index contributed by atoms with van der Waals surface area (Å²) in [6.45, 7) is 8.35. The molecular weight excluding hydrogens is 428 g/mol. The zero-order valence-corrected chi connectivity index (χ0v) is 18.6. The third-order valence-corrected chi connectivity index (χ3v) is 5.69. The predicted octanol–water partition coefficient (Wildman–Crippen LogP) is 2.27. The summed E-state index contributed by atoms with van der Waals surface area (Å²) in [6, 6.07) is 13.2. The first-order valence-corrected chi connectivity index (χ1v) is 10.8. The van der Waals surface area contributed by atoms with Crippen LogP contribution in [-0.4, -0.2) is 73.0 Å². The highest BCUT2D eigenvalue weighted by atomic mass is 16.6. The lowest BCUT2D eigenvalue weighted by atomic mass is 10.2. The van der Waals surface area contributed by atoms with Crippen molar-refractivity contribution in [3.05, 3.63) is 68.8 Å². The van der Waals surface area contributed by atoms with Crippen molar-refractivity contribution < 1.29 is 14.6 Å². The van der Waals surface area contributed by atoms with Gasteiger partial charge in [-0.15, -0.1) is 0 Å². The quantitative estimate of drug-likeness (QED) is 0.549. The van der Waals surface area contributed by atoms with Gasteiger partial charge in [0.25, 0.3) is 11.4 Å². The standard InChI is InChI=1S/C12H15N3O3.C10H13N3O2/c1-10(16)13-6-8-14(9-7-13)11-2-4-12(5-3-11)15(17)18;14-13(15)10-3-1-9(2-4-10)12-7-5-11-6-8-12/h2-5H,6-9H2,1H3;1-4,11H,5-8H2. The van der Waals surface area contributed by atoms with Crippen molar-refractivity contribution in [3.8, 4) is 0 Å². The normalized spacial score (nSPS) is 16.0. The van der Waals surface area contributed by atoms with Crippen molar-refractivity contribution in [2.24, 2.45) is 0 Å². The first kappa shape index (κ1) is 23.9. The summed E-state index contributed by atoms with van der Waals surface area (Å²) in [7, 11) is 0. The van der Waals surface area contributed by atoms with Crippen LogP contribution in [0.3, 0.4) is 0 Å². The van der Waals surface area contributed by atoms with E-state index in [2.05, 4.69) is 15.1 Å². The molecule has 11 heteroatoms. The number of nitro benzene ring substituents is 2. The summed E-state index contributed by atoms with van der Waals surface area (Å²) in [5, 5.41) is 24.3. The lowest BCUT2D eigenvalue weighted by Crippen LogP contribution is -2.48. The van der Waals surface area contributed by atoms with Gasteiger partial charge in [-0.1, -0.05) is 0 Å². The van der Waals surface area contributed by atoms with Gasteiger partial charge in [0.1, 0.15) is 0 Å². The molecule has 11 nitrogen and oxygen atoms in total. The Morgan fingerprint density at radius 1 is 0.727 bits per heavy atom. The Labute approximate surface area is 191 Å². The zero-order valence-electron chi connectivity index (χ0n) is 18.6. The van der Waals surface area contributed by atoms with Crippen LogP contribution in [0.15, 0.2) is 48.5 Å². The Hall–Kier alpha value is -3.73. The fourth-order valence-corrected chi connectivity index (χ4v) is 3.77. The van der Waals surface area contributed by atoms with Crippen LogP contribution in [0.1, 0.15) is 6.92 Å². The number of hydrogen-bond acceptors (Lipinski definition) is 8. The van der Waals surface area contributed by atoms with E-state index in [1.807, 2.05) is 17.0 Å². The molecule has 1 amide bonds. The van der Waals surface area contributed by atoms with Crippen LogP contribution in [0, 0.1) is 20.2 Å². The highest BCUT2D eigenvalue weighted by Crippen LogP contribution is 2.21. The van der Waals surface area contributed by atoms with Gasteiger partial charge in [0.15, 0.2) is 0 Å². The minimum absolute atomic E-state index is 0.0957. The molecular formula is C22H28N6O5. The molecule has 0 atom stereocenters. The van der Waals surface area contributed by atoms with E-state index in [4.69, 9.17) is 0 Å². The van der Waals surface area contributed by atoms with E-state index < -0.39 is 4.92 Å². The number of non-ortho nitro benzene ring substituents is 2. The number of carbonyl (C=O) groups is 1. The van der Waals surface area contributed by atoms with E-state index >= 15 is 0 Å². The van der Waals surface area contributed by atoms with E-state index in [-0.39, 0.29) is 22.2 Å². The number of benzene rings is 2. The molecule has 0 radical (unpaired) electrons. The SMILES string of the molecule is CC(=O)N1CCN(c2ccc([N+](=O)[O-])cc2)CC1.O=[N+]([O-])c1ccc(N2CCNCC2)cc1. The minimum Gasteiger partial charge on any atom is -0.369 e. The molecule has 2 heterocycles. The first-order chi connectivity index (χ1) is 15.8. The van der Waals surface area contributed by atoms with Gasteiger partial charge >= 0.3 is 0 Å². The van der Waals surface area contributed by atoms with Crippen LogP contribution in [0.5, 0.6) is 0 Å². The summed E-state index contributed by atoms with van der Waals surface area (Å²) in [4.78, 5) is 37.6. The van der Waals surface area contributed by atoms with E-state index in [1.54, 1.807) is 31.2 Å². The third-order valence-electron chi connectivity index (χ3n) is 5.69. The highest BCUT2D eigenvalue weighted by molar-refractivity contribution is 5.73. The summed E-state index contributed by atoms with van der Waals surface area (Å²) in [5.74, 6) is 0.0957. The van der Waals surface area contributed by atoms with Crippen molar-refractivity contribution in [2.45, 2.75) is 6.92 Å². The Bertz CT molecular complexity index is 952. The van der Waals surface area contributed by atoms with Crippen molar-refractivity contribution >= 4 is 28.7 Å². The molecule has 33 heavy (non-hydrogen) atoms. The van der Waals surface area contributed by atoms with Crippen LogP contribution in [0.4, 0.5) is 22.7 Å². The number of amides is 1. The molecule has 0 spiro atoms. The Kier molecular flexibility index (Phi) is 8.14. The second-order valence-corrected chi connectivity index (χ2v) is 7.78. The van der Waals surface area contributed by atoms with Crippen LogP contribution >= 0.6 is 0 Å². The lowest BCUT2D eigenvalue weighted by molar-refractivity contribution is -0.385. The van der Waals surface area contributed by atoms with Gasteiger partial charge in [-0.3, -0.25) is 25.0 Å². The van der Waals surface area contributed by atoms with E-state index in [0.717, 1.165) is 50.6 Å². The number of nitrogens with one attached hydrogen (secondary N) is 1. The summed E-state index contributed by atoms with van der Waals surface area (Å²) < 4.78 is 0. The summed E-state index contributed by atoms with van der Waals surface area (Å²) >= 11 is 0. The number of piperazine rings is 2. The smallest absolute Gasteiger partial charge is 0.269 e. The maximum atomic E-state index is 11.2. The Morgan fingerprint density at radius 3 is 1.48 bits per heavy atom. The largest absolute Gasteiger partial charge is 0.369 e. The lowest BCUT2D eigenvalue weighted by Gasteiger charge is -2.35. The maximum Gasteiger partial charge on any atom is 0.269 e. The monoisotopic (exact) mass is 456 g/mol. The fourth-order valence-electron chi connectivity index (χ4n) is 3.77. The Morgan fingerprint density at radius 2 is 1.12 bits per heavy atom. The van der Waals surface area contributed by atoms with Gasteiger partial charge in [-0.25, -0.2) is 0 Å². The van der Waals surface area contributed by atoms with Gasteiger partial charge in [0, 0.05) is 94.9 Å². The van der Waals surface area contributed by atoms with Crippen LogP contribution in [-0.2, 0) is 4.79 Å². The molecule has 176 valence electrons. The second kappa shape index (κ2) is 11.2. The molecule has 0 aromatic heterocycles. The van der Waals surface area contributed by atoms with Crippen LogP contribution < -0.4 is 15.1 Å². The average Bonchev–Trinajstić information content (AvgIpc) is 2.85. The molecule has 2 aliphatic heterocycles. The third kappa shape index (κ3) is 6.62. The topological polar surface area (TPSA) is 125 Å². The number of anilines is 2. The molecule has 2 aliphatic rings. The average molecular weight is 457 g/mol. The Balaban J connectivity index is 0.000000189. The second-order valence-electron chi connectivity index (χ2n) is 7.78. The highest BCUT2D eigenvalue weighted by Gasteiger charge is 2.19. The van der Waals surface area contributed by atoms with Crippen LogP contribution in [0.2, 0.25) is 0 Å². The molecule has 0 bridgehead atoms. The fraction of sp³-hybridized carbons (Fsp3) is 0.409. The number of carbonyl (C=O) groups excluding carboxylic acids is 1. The molecule has 4 rings (SSSR count). The van der Waals surface area contributed by atoms with Crippen LogP contribution in [0.25, 0.3) is 0 Å². The van der Waals surface area contributed by atoms with E-state index in [9.17, 15) is 25.0 Å². The van der Waals surface area contributed by atoms with Crippen molar-refractivity contribution in [1.29, 1.82) is 0 Å². The molecule has 2 aromatic carbocycles. The van der Waals surface area contributed by atoms with Crippen molar-refractivity contribution in [1.82, 2.24) is 10.2 Å². The number of hydrogen-bond donors (Lipinski definition) is 1. The van der Waals surface area contributed by atoms with E-state index in [0.29, 0.717) is 13.1 Å². The van der Waals surface area contributed by atoms with Gasteiger partial charge in [-0.05, 0) is 24.3 Å². The zero-order chi connectivity index (χ0) is 23.8. The van der Waals surface area contributed by atoms with Gasteiger partial charge in [-0.2, -0.15) is 0 Å². The number of nitrogens with zero attached hydrogens (tertiary/aromatic N) is 5. The molecule has 0 unspecified atom stereocenters. The summed E-state index contributed by atoms with van der Waals surface area (Å²) in [5.41, 5.74) is 2.26. The molecule has 2 aromatic rings. The number of rotatable bonds is 4. The molecule has 2 fully saturated rings. The van der Waals surface area contributed by atoms with Gasteiger partial charge in [0.2, 0.25) is 5.91 Å². The molecule has 2 saturated heterocycles. The van der Waals surface area contributed by atoms with Crippen molar-refractivity contribution in [3.63, 3.8) is 0 Å². The van der Waals surface area contributed by atoms with E-state index in [1.165, 1.54) is 12.1 Å². The maximum absolute atomic E-state index is 11.2. The summed E-state index contributed by atoms with van der Waals surface area (Å²) in [6.07, 6.45) is 0. The molecule has 0 aliphatic carbocycles. The molecule has 0 saturated carbocycles. The van der Waals surface area contributed by atoms with Gasteiger partial charge in [0.05, 0.1) is 9.85 Å².